The molecule has 7 aliphatic rings. The number of aliphatic hydroxyl groups excluding tert-OH is 10. The molecule has 2 saturated heterocycles. The summed E-state index contributed by atoms with van der Waals surface area (Å²) in [5.74, 6) is 0.283. The Bertz CT molecular complexity index is 1460. The Morgan fingerprint density at radius 3 is 1.95 bits per heavy atom. The molecule has 0 aromatic carbocycles. The maximum absolute atomic E-state index is 12.4. The van der Waals surface area contributed by atoms with Crippen LogP contribution in [-0.2, 0) is 18.9 Å². The van der Waals surface area contributed by atoms with Gasteiger partial charge in [0.2, 0.25) is 0 Å². The largest absolute Gasteiger partial charge is 0.396 e. The fourth-order valence-electron chi connectivity index (χ4n) is 14.3. The molecule has 0 spiro atoms. The Labute approximate surface area is 330 Å². The van der Waals surface area contributed by atoms with Gasteiger partial charge in [0.25, 0.3) is 0 Å². The second-order valence-electron chi connectivity index (χ2n) is 20.5. The minimum absolute atomic E-state index is 0.0521. The van der Waals surface area contributed by atoms with Crippen molar-refractivity contribution < 1.29 is 70.0 Å². The number of hydrogen-bond donors (Lipinski definition) is 10. The third-order valence-corrected chi connectivity index (χ3v) is 17.4. The molecule has 0 aromatic rings. The Kier molecular flexibility index (Phi) is 11.6. The SMILES string of the molecule is CC(C)[C@@H]1C[C@@H](O)[C@H]2[C@@]1(CO)CC[C@@]1(C)[C@H]3C(=CC[C@]21C)[C@@]1(C)CC[C@H](O[C@@H]2O[C@H](CO)[C@@H](O)[C@H](O)[C@H]2O[C@@H]2O[C@H](CO)[C@@H](O)[C@H](O)[C@H]2O)C(C)(C)[C@@H]1C[C@@H]3O. The predicted molar refractivity (Wildman–Crippen MR) is 200 cm³/mol. The van der Waals surface area contributed by atoms with Crippen molar-refractivity contribution in [3.8, 4) is 0 Å². The van der Waals surface area contributed by atoms with E-state index < -0.39 is 98.4 Å². The van der Waals surface area contributed by atoms with Crippen LogP contribution in [0.1, 0.15) is 93.4 Å². The second-order valence-corrected chi connectivity index (χ2v) is 20.5. The Hall–Kier alpha value is -0.820. The van der Waals surface area contributed by atoms with Crippen molar-refractivity contribution in [2.75, 3.05) is 19.8 Å². The van der Waals surface area contributed by atoms with E-state index in [4.69, 9.17) is 18.9 Å². The summed E-state index contributed by atoms with van der Waals surface area (Å²) in [6, 6.07) is 0. The molecule has 2 aliphatic heterocycles. The zero-order valence-corrected chi connectivity index (χ0v) is 34.1. The molecule has 14 nitrogen and oxygen atoms in total. The van der Waals surface area contributed by atoms with Gasteiger partial charge >= 0.3 is 0 Å². The first-order valence-corrected chi connectivity index (χ1v) is 21.1. The van der Waals surface area contributed by atoms with Gasteiger partial charge < -0.3 is 70.0 Å². The molecular formula is C42H70O14. The van der Waals surface area contributed by atoms with Gasteiger partial charge in [0.1, 0.15) is 48.8 Å². The predicted octanol–water partition coefficient (Wildman–Crippen LogP) is 0.587. The minimum Gasteiger partial charge on any atom is -0.396 e. The van der Waals surface area contributed by atoms with Gasteiger partial charge in [-0.25, -0.2) is 0 Å². The molecule has 0 amide bonds. The Morgan fingerprint density at radius 2 is 1.34 bits per heavy atom. The first-order valence-electron chi connectivity index (χ1n) is 21.1. The first-order chi connectivity index (χ1) is 26.2. The molecular weight excluding hydrogens is 728 g/mol. The van der Waals surface area contributed by atoms with Gasteiger partial charge in [-0.05, 0) is 90.3 Å². The molecule has 10 N–H and O–H groups in total. The van der Waals surface area contributed by atoms with E-state index in [1.54, 1.807) is 0 Å². The lowest BCUT2D eigenvalue weighted by Crippen LogP contribution is -2.67. The summed E-state index contributed by atoms with van der Waals surface area (Å²) in [4.78, 5) is 0. The van der Waals surface area contributed by atoms with Gasteiger partial charge in [0.05, 0.1) is 31.5 Å². The van der Waals surface area contributed by atoms with Crippen LogP contribution in [0.4, 0.5) is 0 Å². The van der Waals surface area contributed by atoms with Crippen LogP contribution in [0, 0.1) is 56.7 Å². The minimum atomic E-state index is -1.78. The normalized spacial score (nSPS) is 55.5. The topological polar surface area (TPSA) is 239 Å². The lowest BCUT2D eigenvalue weighted by Gasteiger charge is -2.70. The van der Waals surface area contributed by atoms with E-state index in [2.05, 4.69) is 54.5 Å². The molecule has 0 radical (unpaired) electrons. The van der Waals surface area contributed by atoms with Crippen LogP contribution in [-0.4, -0.2) is 151 Å². The molecule has 7 rings (SSSR count). The second kappa shape index (κ2) is 15.0. The lowest BCUT2D eigenvalue weighted by molar-refractivity contribution is -0.377. The van der Waals surface area contributed by atoms with Crippen molar-refractivity contribution in [1.29, 1.82) is 0 Å². The Morgan fingerprint density at radius 1 is 0.714 bits per heavy atom. The van der Waals surface area contributed by atoms with Crippen molar-refractivity contribution in [2.24, 2.45) is 56.7 Å². The van der Waals surface area contributed by atoms with E-state index in [1.165, 1.54) is 5.57 Å². The number of rotatable bonds is 8. The summed E-state index contributed by atoms with van der Waals surface area (Å²) in [7, 11) is 0. The summed E-state index contributed by atoms with van der Waals surface area (Å²) < 4.78 is 24.3. The number of ether oxygens (including phenoxy) is 4. The third kappa shape index (κ3) is 6.09. The molecule has 2 heterocycles. The smallest absolute Gasteiger partial charge is 0.187 e. The van der Waals surface area contributed by atoms with Crippen molar-refractivity contribution in [3.63, 3.8) is 0 Å². The molecule has 322 valence electrons. The quantitative estimate of drug-likeness (QED) is 0.120. The van der Waals surface area contributed by atoms with Crippen LogP contribution in [0.15, 0.2) is 11.6 Å². The van der Waals surface area contributed by atoms with Crippen LogP contribution < -0.4 is 0 Å². The monoisotopic (exact) mass is 798 g/mol. The molecule has 0 unspecified atom stereocenters. The summed E-state index contributed by atoms with van der Waals surface area (Å²) in [5.41, 5.74) is -0.650. The standard InChI is InChI=1S/C42H70O14/c1-19(2)21-14-23(47)35-41(7)11-8-20-28(40(41,6)12-13-42(21,35)18-45)22(46)15-26-38(3,4)27(9-10-39(20,26)5)55-37-34(32(51)30(49)25(17-44)54-37)56-36-33(52)31(50)29(48)24(16-43)53-36/h8,19,21-37,43-52H,9-18H2,1-7H3/t21-,22-,23+,24+,25+,26-,27-,28-,29+,30+,31-,32-,33+,34+,35+,36-,37-,39+,40-,41+,42+/m0/s1. The molecule has 0 bridgehead atoms. The van der Waals surface area contributed by atoms with Crippen molar-refractivity contribution in [3.05, 3.63) is 11.6 Å². The molecule has 6 fully saturated rings. The average molecular weight is 799 g/mol. The molecule has 21 atom stereocenters. The van der Waals surface area contributed by atoms with Crippen molar-refractivity contribution >= 4 is 0 Å². The molecule has 5 aliphatic carbocycles. The zero-order valence-electron chi connectivity index (χ0n) is 34.1. The van der Waals surface area contributed by atoms with Gasteiger partial charge in [-0.15, -0.1) is 0 Å². The summed E-state index contributed by atoms with van der Waals surface area (Å²) >= 11 is 0. The molecule has 4 saturated carbocycles. The van der Waals surface area contributed by atoms with Gasteiger partial charge in [-0.3, -0.25) is 0 Å². The number of hydrogen-bond acceptors (Lipinski definition) is 14. The van der Waals surface area contributed by atoms with Crippen LogP contribution >= 0.6 is 0 Å². The van der Waals surface area contributed by atoms with E-state index in [0.29, 0.717) is 25.2 Å². The first kappa shape index (κ1) is 43.3. The molecule has 0 aromatic heterocycles. The van der Waals surface area contributed by atoms with Crippen LogP contribution in [0.2, 0.25) is 0 Å². The zero-order chi connectivity index (χ0) is 41.1. The van der Waals surface area contributed by atoms with Crippen molar-refractivity contribution in [2.45, 2.75) is 173 Å². The highest BCUT2D eigenvalue weighted by molar-refractivity contribution is 5.35. The number of aliphatic hydroxyl groups is 10. The fourth-order valence-corrected chi connectivity index (χ4v) is 14.3. The van der Waals surface area contributed by atoms with Gasteiger partial charge in [0, 0.05) is 17.9 Å². The average Bonchev–Trinajstić information content (AvgIpc) is 3.47. The fraction of sp³-hybridized carbons (Fsp3) is 0.952. The van der Waals surface area contributed by atoms with Crippen LogP contribution in [0.25, 0.3) is 0 Å². The van der Waals surface area contributed by atoms with Crippen molar-refractivity contribution in [1.82, 2.24) is 0 Å². The van der Waals surface area contributed by atoms with E-state index in [1.807, 2.05) is 0 Å². The van der Waals surface area contributed by atoms with Gasteiger partial charge in [0.15, 0.2) is 12.6 Å². The number of fused-ring (bicyclic) bond motifs is 7. The van der Waals surface area contributed by atoms with E-state index >= 15 is 0 Å². The van der Waals surface area contributed by atoms with Crippen LogP contribution in [0.5, 0.6) is 0 Å². The highest BCUT2D eigenvalue weighted by Gasteiger charge is 2.73. The Balaban J connectivity index is 1.16. The summed E-state index contributed by atoms with van der Waals surface area (Å²) in [6.45, 7) is 14.3. The van der Waals surface area contributed by atoms with E-state index in [9.17, 15) is 51.1 Å². The maximum atomic E-state index is 12.4. The van der Waals surface area contributed by atoms with E-state index in [0.717, 1.165) is 25.7 Å². The number of allylic oxidation sites excluding steroid dienone is 1. The molecule has 14 heteroatoms. The van der Waals surface area contributed by atoms with Gasteiger partial charge in [-0.2, -0.15) is 0 Å². The summed E-state index contributed by atoms with van der Waals surface area (Å²) in [6.07, 6.45) is -9.89. The summed E-state index contributed by atoms with van der Waals surface area (Å²) in [5, 5.41) is 109. The van der Waals surface area contributed by atoms with Crippen LogP contribution in [0.3, 0.4) is 0 Å². The highest BCUT2D eigenvalue weighted by atomic mass is 16.8. The maximum Gasteiger partial charge on any atom is 0.187 e. The highest BCUT2D eigenvalue weighted by Crippen LogP contribution is 2.76. The van der Waals surface area contributed by atoms with Gasteiger partial charge in [-0.1, -0.05) is 60.1 Å². The third-order valence-electron chi connectivity index (χ3n) is 17.4. The van der Waals surface area contributed by atoms with E-state index in [-0.39, 0.29) is 51.9 Å². The lowest BCUT2D eigenvalue weighted by atomic mass is 9.35. The molecule has 56 heavy (non-hydrogen) atoms.